The normalized spacial score (nSPS) is 14.2. The Morgan fingerprint density at radius 1 is 0.318 bits per heavy atom. The summed E-state index contributed by atoms with van der Waals surface area (Å²) in [5.74, 6) is -1.35. The Hall–Kier alpha value is -1.94. The third-order valence-electron chi connectivity index (χ3n) is 15.3. The second-order valence-electron chi connectivity index (χ2n) is 24.3. The lowest BCUT2D eigenvalue weighted by atomic mass is 10.0. The number of rotatable bonds is 66. The number of phosphoric acid groups is 2. The quantitative estimate of drug-likeness (QED) is 0.0222. The summed E-state index contributed by atoms with van der Waals surface area (Å²) in [6.45, 7) is 7.19. The number of carbonyl (C=O) groups excluding carboxylic acids is 4. The Bertz CT molecular complexity index is 1650. The summed E-state index contributed by atoms with van der Waals surface area (Å²) in [7, 11) is -9.89. The van der Waals surface area contributed by atoms with Gasteiger partial charge in [-0.15, -0.1) is 0 Å². The molecule has 0 saturated carbocycles. The molecule has 0 fully saturated rings. The Morgan fingerprint density at radius 2 is 0.541 bits per heavy atom. The molecule has 0 aromatic carbocycles. The van der Waals surface area contributed by atoms with Crippen LogP contribution in [-0.2, 0) is 65.4 Å². The van der Waals surface area contributed by atoms with Gasteiger partial charge in [0.1, 0.15) is 19.3 Å². The fraction of sp³-hybridized carbons (Fsp3) is 0.939. The molecule has 0 aliphatic heterocycles. The Kier molecular flexibility index (Phi) is 58.3. The van der Waals surface area contributed by atoms with Crippen LogP contribution in [0.2, 0.25) is 0 Å². The van der Waals surface area contributed by atoms with E-state index in [-0.39, 0.29) is 25.7 Å². The van der Waals surface area contributed by atoms with Crippen LogP contribution in [0.15, 0.2) is 0 Å². The van der Waals surface area contributed by atoms with Crippen LogP contribution < -0.4 is 0 Å². The summed E-state index contributed by atoms with van der Waals surface area (Å²) < 4.78 is 68.0. The maximum absolute atomic E-state index is 13.0. The van der Waals surface area contributed by atoms with Gasteiger partial charge in [0.2, 0.25) is 0 Å². The molecule has 17 nitrogen and oxygen atoms in total. The van der Waals surface area contributed by atoms with Crippen molar-refractivity contribution in [1.82, 2.24) is 0 Å². The van der Waals surface area contributed by atoms with Gasteiger partial charge in [-0.2, -0.15) is 0 Å². The SMILES string of the molecule is CCCCCCCCCCCCCCC(=O)OC[C@H](COP(=O)(O)OC[C@@H](O)COP(=O)(O)OC[C@@H](COC(=O)CCCCCCCCCC)OC(=O)CCCCCCCCCCCC)OC(=O)CCCCCCCCCCCCCCC(C)C. The van der Waals surface area contributed by atoms with E-state index in [1.165, 1.54) is 154 Å². The van der Waals surface area contributed by atoms with Crippen LogP contribution in [0.4, 0.5) is 0 Å². The van der Waals surface area contributed by atoms with E-state index >= 15 is 0 Å². The number of unbranched alkanes of at least 4 members (excludes halogenated alkanes) is 38. The number of hydrogen-bond donors (Lipinski definition) is 3. The molecule has 0 rings (SSSR count). The molecule has 504 valence electrons. The highest BCUT2D eigenvalue weighted by Crippen LogP contribution is 2.45. The summed E-state index contributed by atoms with van der Waals surface area (Å²) in [6, 6.07) is 0. The van der Waals surface area contributed by atoms with Gasteiger partial charge >= 0.3 is 39.5 Å². The van der Waals surface area contributed by atoms with Gasteiger partial charge < -0.3 is 33.8 Å². The lowest BCUT2D eigenvalue weighted by Crippen LogP contribution is -2.30. The van der Waals surface area contributed by atoms with Gasteiger partial charge in [-0.3, -0.25) is 37.3 Å². The number of carbonyl (C=O) groups is 4. The first kappa shape index (κ1) is 83.1. The van der Waals surface area contributed by atoms with Gasteiger partial charge in [0, 0.05) is 25.7 Å². The van der Waals surface area contributed by atoms with Crippen molar-refractivity contribution in [1.29, 1.82) is 0 Å². The summed E-state index contributed by atoms with van der Waals surface area (Å²) >= 11 is 0. The zero-order valence-corrected chi connectivity index (χ0v) is 56.5. The van der Waals surface area contributed by atoms with Crippen LogP contribution >= 0.6 is 15.6 Å². The van der Waals surface area contributed by atoms with Crippen molar-refractivity contribution in [2.24, 2.45) is 5.92 Å². The molecule has 0 bridgehead atoms. The largest absolute Gasteiger partial charge is 0.472 e. The number of aliphatic hydroxyl groups is 1. The molecule has 5 atom stereocenters. The predicted molar refractivity (Wildman–Crippen MR) is 340 cm³/mol. The van der Waals surface area contributed by atoms with Crippen LogP contribution in [-0.4, -0.2) is 96.7 Å². The molecule has 85 heavy (non-hydrogen) atoms. The first-order valence-electron chi connectivity index (χ1n) is 34.6. The van der Waals surface area contributed by atoms with E-state index in [1.807, 2.05) is 0 Å². The molecule has 0 aliphatic carbocycles. The molecule has 0 radical (unpaired) electrons. The molecular weight excluding hydrogens is 1130 g/mol. The highest BCUT2D eigenvalue weighted by molar-refractivity contribution is 7.47. The lowest BCUT2D eigenvalue weighted by molar-refractivity contribution is -0.161. The van der Waals surface area contributed by atoms with Crippen molar-refractivity contribution in [3.05, 3.63) is 0 Å². The fourth-order valence-electron chi connectivity index (χ4n) is 9.94. The minimum absolute atomic E-state index is 0.106. The number of aliphatic hydroxyl groups excluding tert-OH is 1. The minimum Gasteiger partial charge on any atom is -0.462 e. The van der Waals surface area contributed by atoms with Gasteiger partial charge in [-0.05, 0) is 31.6 Å². The van der Waals surface area contributed by atoms with Crippen LogP contribution in [0, 0.1) is 5.92 Å². The summed E-state index contributed by atoms with van der Waals surface area (Å²) in [5.41, 5.74) is 0. The van der Waals surface area contributed by atoms with Crippen LogP contribution in [0.25, 0.3) is 0 Å². The van der Waals surface area contributed by atoms with Crippen molar-refractivity contribution < 1.29 is 80.2 Å². The van der Waals surface area contributed by atoms with Gasteiger partial charge in [-0.1, -0.05) is 285 Å². The molecule has 0 aromatic rings. The van der Waals surface area contributed by atoms with Crippen molar-refractivity contribution in [2.75, 3.05) is 39.6 Å². The average Bonchev–Trinajstić information content (AvgIpc) is 3.53. The van der Waals surface area contributed by atoms with E-state index in [0.717, 1.165) is 102 Å². The maximum atomic E-state index is 13.0. The number of esters is 4. The van der Waals surface area contributed by atoms with E-state index in [0.29, 0.717) is 25.7 Å². The monoisotopic (exact) mass is 1250 g/mol. The highest BCUT2D eigenvalue weighted by Gasteiger charge is 2.30. The van der Waals surface area contributed by atoms with E-state index in [2.05, 4.69) is 34.6 Å². The average molecular weight is 1260 g/mol. The lowest BCUT2D eigenvalue weighted by Gasteiger charge is -2.21. The standard InChI is InChI=1S/C66H128O17P2/c1-6-9-12-15-18-21-23-27-31-35-40-45-50-64(69)77-56-62(83-66(71)52-47-42-37-32-28-25-24-26-29-33-38-43-48-59(4)5)58-81-85(74,75)79-54-60(67)53-78-84(72,73)80-57-61(55-76-63(68)49-44-39-34-20-17-14-11-8-3)82-65(70)51-46-41-36-30-22-19-16-13-10-7-2/h59-62,67H,6-58H2,1-5H3,(H,72,73)(H,74,75)/t60-,61+,62+/m0/s1. The molecular formula is C66H128O17P2. The minimum atomic E-state index is -4.95. The first-order chi connectivity index (χ1) is 41.0. The third-order valence-corrected chi connectivity index (χ3v) is 17.2. The van der Waals surface area contributed by atoms with Gasteiger partial charge in [0.25, 0.3) is 0 Å². The molecule has 0 saturated heterocycles. The van der Waals surface area contributed by atoms with Gasteiger partial charge in [-0.25, -0.2) is 9.13 Å². The smallest absolute Gasteiger partial charge is 0.462 e. The Balaban J connectivity index is 5.22. The summed E-state index contributed by atoms with van der Waals surface area (Å²) in [4.78, 5) is 72.2. The van der Waals surface area contributed by atoms with Crippen molar-refractivity contribution in [2.45, 2.75) is 355 Å². The number of phosphoric ester groups is 2. The van der Waals surface area contributed by atoms with Crippen LogP contribution in [0.1, 0.15) is 336 Å². The molecule has 0 amide bonds. The van der Waals surface area contributed by atoms with Gasteiger partial charge in [0.05, 0.1) is 26.4 Å². The van der Waals surface area contributed by atoms with Crippen LogP contribution in [0.5, 0.6) is 0 Å². The van der Waals surface area contributed by atoms with Crippen molar-refractivity contribution in [3.8, 4) is 0 Å². The molecule has 3 N–H and O–H groups in total. The first-order valence-corrected chi connectivity index (χ1v) is 37.6. The molecule has 0 heterocycles. The Labute approximate surface area is 517 Å². The topological polar surface area (TPSA) is 237 Å². The molecule has 0 aromatic heterocycles. The van der Waals surface area contributed by atoms with E-state index in [1.54, 1.807) is 0 Å². The highest BCUT2D eigenvalue weighted by atomic mass is 31.2. The zero-order valence-electron chi connectivity index (χ0n) is 54.7. The van der Waals surface area contributed by atoms with Crippen molar-refractivity contribution in [3.63, 3.8) is 0 Å². The zero-order chi connectivity index (χ0) is 62.8. The van der Waals surface area contributed by atoms with E-state index < -0.39 is 97.5 Å². The third kappa shape index (κ3) is 60.7. The van der Waals surface area contributed by atoms with E-state index in [9.17, 15) is 43.2 Å². The molecule has 19 heteroatoms. The summed E-state index contributed by atoms with van der Waals surface area (Å²) in [6.07, 6.45) is 44.3. The van der Waals surface area contributed by atoms with Crippen LogP contribution in [0.3, 0.4) is 0 Å². The molecule has 2 unspecified atom stereocenters. The number of ether oxygens (including phenoxy) is 4. The predicted octanol–water partition coefficient (Wildman–Crippen LogP) is 18.6. The fourth-order valence-corrected chi connectivity index (χ4v) is 11.5. The number of hydrogen-bond acceptors (Lipinski definition) is 15. The van der Waals surface area contributed by atoms with Crippen molar-refractivity contribution >= 4 is 39.5 Å². The summed E-state index contributed by atoms with van der Waals surface area (Å²) in [5, 5.41) is 10.5. The van der Waals surface area contributed by atoms with E-state index in [4.69, 9.17) is 37.0 Å². The second kappa shape index (κ2) is 59.7. The Morgan fingerprint density at radius 3 is 0.800 bits per heavy atom. The van der Waals surface area contributed by atoms with Gasteiger partial charge in [0.15, 0.2) is 12.2 Å². The molecule has 0 spiro atoms. The second-order valence-corrected chi connectivity index (χ2v) is 27.2. The maximum Gasteiger partial charge on any atom is 0.472 e. The molecule has 0 aliphatic rings.